The number of esters is 1. The summed E-state index contributed by atoms with van der Waals surface area (Å²) < 4.78 is 10.7. The Morgan fingerprint density at radius 1 is 1.47 bits per heavy atom. The third kappa shape index (κ3) is 3.38. The average Bonchev–Trinajstić information content (AvgIpc) is 2.39. The Morgan fingerprint density at radius 2 is 2.26 bits per heavy atom. The van der Waals surface area contributed by atoms with Crippen molar-refractivity contribution in [3.8, 4) is 0 Å². The van der Waals surface area contributed by atoms with Crippen molar-refractivity contribution in [3.05, 3.63) is 23.8 Å². The number of rotatable bonds is 3. The zero-order valence-corrected chi connectivity index (χ0v) is 11.4. The van der Waals surface area contributed by atoms with Crippen LogP contribution in [0.4, 0.5) is 11.4 Å². The van der Waals surface area contributed by atoms with E-state index >= 15 is 0 Å². The summed E-state index contributed by atoms with van der Waals surface area (Å²) in [5.41, 5.74) is 7.85. The van der Waals surface area contributed by atoms with Crippen molar-refractivity contribution in [2.24, 2.45) is 0 Å². The van der Waals surface area contributed by atoms with Crippen LogP contribution in [0.25, 0.3) is 0 Å². The van der Waals surface area contributed by atoms with Crippen LogP contribution in [0.15, 0.2) is 18.2 Å². The van der Waals surface area contributed by atoms with Gasteiger partial charge in [0.05, 0.1) is 23.5 Å². The number of carbonyl (C=O) groups is 1. The summed E-state index contributed by atoms with van der Waals surface area (Å²) >= 11 is 0. The molecule has 0 bridgehead atoms. The lowest BCUT2D eigenvalue weighted by Gasteiger charge is -2.22. The number of nitrogen functional groups attached to an aromatic ring is 1. The number of ether oxygens (including phenoxy) is 2. The van der Waals surface area contributed by atoms with Gasteiger partial charge in [0.2, 0.25) is 0 Å². The second-order valence-electron chi connectivity index (χ2n) is 4.91. The topological polar surface area (TPSA) is 64.8 Å². The van der Waals surface area contributed by atoms with E-state index in [0.29, 0.717) is 17.9 Å². The summed E-state index contributed by atoms with van der Waals surface area (Å²) in [5, 5.41) is 0. The van der Waals surface area contributed by atoms with E-state index in [-0.39, 0.29) is 12.1 Å². The van der Waals surface area contributed by atoms with E-state index in [1.165, 1.54) is 0 Å². The molecule has 2 rings (SSSR count). The molecule has 1 fully saturated rings. The highest BCUT2D eigenvalue weighted by molar-refractivity contribution is 5.92. The van der Waals surface area contributed by atoms with Gasteiger partial charge in [0.15, 0.2) is 0 Å². The number of benzene rings is 1. The van der Waals surface area contributed by atoms with Gasteiger partial charge in [0.1, 0.15) is 6.10 Å². The van der Waals surface area contributed by atoms with Gasteiger partial charge in [-0.1, -0.05) is 0 Å². The van der Waals surface area contributed by atoms with Crippen LogP contribution in [0, 0.1) is 0 Å². The fraction of sp³-hybridized carbons (Fsp3) is 0.500. The van der Waals surface area contributed by atoms with Crippen LogP contribution in [-0.4, -0.2) is 39.4 Å². The van der Waals surface area contributed by atoms with Crippen LogP contribution in [0.3, 0.4) is 0 Å². The van der Waals surface area contributed by atoms with E-state index in [1.807, 2.05) is 25.1 Å². The first kappa shape index (κ1) is 13.7. The van der Waals surface area contributed by atoms with E-state index in [1.54, 1.807) is 12.1 Å². The normalized spacial score (nSPS) is 18.9. The first-order chi connectivity index (χ1) is 9.08. The standard InChI is InChI=1S/C14H20N2O3/c1-16(2)13-6-5-10(8-12(13)15)14(17)19-11-4-3-7-18-9-11/h5-6,8,11H,3-4,7,9,15H2,1-2H3. The van der Waals surface area contributed by atoms with Crippen molar-refractivity contribution in [2.45, 2.75) is 18.9 Å². The minimum absolute atomic E-state index is 0.143. The maximum absolute atomic E-state index is 12.0. The summed E-state index contributed by atoms with van der Waals surface area (Å²) in [5.74, 6) is -0.340. The quantitative estimate of drug-likeness (QED) is 0.664. The number of carbonyl (C=O) groups excluding carboxylic acids is 1. The van der Waals surface area contributed by atoms with Crippen molar-refractivity contribution in [2.75, 3.05) is 37.9 Å². The number of hydrogen-bond donors (Lipinski definition) is 1. The molecule has 19 heavy (non-hydrogen) atoms. The molecule has 2 N–H and O–H groups in total. The predicted octanol–water partition coefficient (Wildman–Crippen LogP) is 1.67. The van der Waals surface area contributed by atoms with Crippen LogP contribution in [0.5, 0.6) is 0 Å². The molecule has 1 unspecified atom stereocenters. The van der Waals surface area contributed by atoms with Crippen LogP contribution < -0.4 is 10.6 Å². The fourth-order valence-electron chi connectivity index (χ4n) is 2.11. The number of nitrogens with zero attached hydrogens (tertiary/aromatic N) is 1. The molecular formula is C14H20N2O3. The Hall–Kier alpha value is -1.75. The highest BCUT2D eigenvalue weighted by Gasteiger charge is 2.19. The Balaban J connectivity index is 2.04. The Bertz CT molecular complexity index is 454. The highest BCUT2D eigenvalue weighted by atomic mass is 16.6. The minimum atomic E-state index is -0.340. The maximum atomic E-state index is 12.0. The summed E-state index contributed by atoms with van der Waals surface area (Å²) in [7, 11) is 3.81. The lowest BCUT2D eigenvalue weighted by Crippen LogP contribution is -2.28. The Morgan fingerprint density at radius 3 is 2.84 bits per heavy atom. The zero-order valence-electron chi connectivity index (χ0n) is 11.4. The molecule has 1 aliphatic heterocycles. The highest BCUT2D eigenvalue weighted by Crippen LogP contribution is 2.23. The molecule has 1 atom stereocenters. The summed E-state index contributed by atoms with van der Waals surface area (Å²) in [6, 6.07) is 5.21. The molecule has 1 heterocycles. The monoisotopic (exact) mass is 264 g/mol. The van der Waals surface area contributed by atoms with Crippen LogP contribution >= 0.6 is 0 Å². The lowest BCUT2D eigenvalue weighted by molar-refractivity contribution is -0.0305. The molecule has 5 nitrogen and oxygen atoms in total. The largest absolute Gasteiger partial charge is 0.456 e. The van der Waals surface area contributed by atoms with Crippen molar-refractivity contribution in [1.82, 2.24) is 0 Å². The third-order valence-electron chi connectivity index (χ3n) is 3.14. The van der Waals surface area contributed by atoms with Gasteiger partial charge in [0.25, 0.3) is 0 Å². The van der Waals surface area contributed by atoms with Gasteiger partial charge in [-0.25, -0.2) is 4.79 Å². The zero-order chi connectivity index (χ0) is 13.8. The summed E-state index contributed by atoms with van der Waals surface area (Å²) in [6.07, 6.45) is 1.65. The van der Waals surface area contributed by atoms with Crippen LogP contribution in [-0.2, 0) is 9.47 Å². The summed E-state index contributed by atoms with van der Waals surface area (Å²) in [6.45, 7) is 1.23. The fourth-order valence-corrected chi connectivity index (χ4v) is 2.11. The third-order valence-corrected chi connectivity index (χ3v) is 3.14. The van der Waals surface area contributed by atoms with Gasteiger partial charge in [-0.3, -0.25) is 0 Å². The summed E-state index contributed by atoms with van der Waals surface area (Å²) in [4.78, 5) is 13.9. The molecule has 104 valence electrons. The van der Waals surface area contributed by atoms with Crippen molar-refractivity contribution in [3.63, 3.8) is 0 Å². The van der Waals surface area contributed by atoms with Crippen molar-refractivity contribution < 1.29 is 14.3 Å². The second-order valence-corrected chi connectivity index (χ2v) is 4.91. The van der Waals surface area contributed by atoms with E-state index in [2.05, 4.69) is 0 Å². The first-order valence-corrected chi connectivity index (χ1v) is 6.43. The molecule has 1 saturated heterocycles. The number of hydrogen-bond acceptors (Lipinski definition) is 5. The van der Waals surface area contributed by atoms with Gasteiger partial charge in [0, 0.05) is 20.7 Å². The lowest BCUT2D eigenvalue weighted by atomic mass is 10.1. The molecule has 1 aliphatic rings. The molecule has 0 aromatic heterocycles. The van der Waals surface area contributed by atoms with Gasteiger partial charge in [-0.2, -0.15) is 0 Å². The van der Waals surface area contributed by atoms with Crippen LogP contribution in [0.2, 0.25) is 0 Å². The van der Waals surface area contributed by atoms with Crippen molar-refractivity contribution >= 4 is 17.3 Å². The maximum Gasteiger partial charge on any atom is 0.338 e. The van der Waals surface area contributed by atoms with Crippen molar-refractivity contribution in [1.29, 1.82) is 0 Å². The van der Waals surface area contributed by atoms with Gasteiger partial charge in [-0.05, 0) is 31.0 Å². The molecule has 1 aromatic rings. The van der Waals surface area contributed by atoms with Gasteiger partial charge in [-0.15, -0.1) is 0 Å². The van der Waals surface area contributed by atoms with Gasteiger partial charge < -0.3 is 20.1 Å². The Kier molecular flexibility index (Phi) is 4.27. The number of anilines is 2. The number of nitrogens with two attached hydrogens (primary N) is 1. The average molecular weight is 264 g/mol. The molecule has 1 aromatic carbocycles. The van der Waals surface area contributed by atoms with E-state index in [4.69, 9.17) is 15.2 Å². The SMILES string of the molecule is CN(C)c1ccc(C(=O)OC2CCCOC2)cc1N. The molecule has 0 aliphatic carbocycles. The smallest absolute Gasteiger partial charge is 0.338 e. The molecule has 0 amide bonds. The van der Waals surface area contributed by atoms with E-state index in [9.17, 15) is 4.79 Å². The van der Waals surface area contributed by atoms with Gasteiger partial charge >= 0.3 is 5.97 Å². The van der Waals surface area contributed by atoms with Crippen LogP contribution in [0.1, 0.15) is 23.2 Å². The van der Waals surface area contributed by atoms with E-state index in [0.717, 1.165) is 25.1 Å². The minimum Gasteiger partial charge on any atom is -0.456 e. The molecule has 0 radical (unpaired) electrons. The predicted molar refractivity (Wildman–Crippen MR) is 74.4 cm³/mol. The second kappa shape index (κ2) is 5.93. The molecule has 0 spiro atoms. The Labute approximate surface area is 113 Å². The molecule has 0 saturated carbocycles. The molecule has 5 heteroatoms. The van der Waals surface area contributed by atoms with E-state index < -0.39 is 0 Å². The molecular weight excluding hydrogens is 244 g/mol. The first-order valence-electron chi connectivity index (χ1n) is 6.43.